The molecule has 2 spiro atoms. The molecule has 2 saturated heterocycles. The van der Waals surface area contributed by atoms with E-state index in [0.29, 0.717) is 24.8 Å². The smallest absolute Gasteiger partial charge is 0.410 e. The number of carbonyl (C=O) groups is 1. The van der Waals surface area contributed by atoms with Gasteiger partial charge in [0.15, 0.2) is 5.79 Å². The minimum atomic E-state index is -0.487. The molecule has 1 aromatic carbocycles. The summed E-state index contributed by atoms with van der Waals surface area (Å²) in [6.45, 7) is 8.56. The molecular formula is C23H32ClNO4. The molecule has 3 fully saturated rings. The van der Waals surface area contributed by atoms with E-state index in [9.17, 15) is 4.79 Å². The van der Waals surface area contributed by atoms with Crippen molar-refractivity contribution < 1.29 is 19.0 Å². The van der Waals surface area contributed by atoms with Crippen LogP contribution in [0.25, 0.3) is 0 Å². The van der Waals surface area contributed by atoms with E-state index in [0.717, 1.165) is 44.1 Å². The average molecular weight is 422 g/mol. The second kappa shape index (κ2) is 7.75. The van der Waals surface area contributed by atoms with Gasteiger partial charge in [0.1, 0.15) is 5.60 Å². The molecule has 0 unspecified atom stereocenters. The normalized spacial score (nSPS) is 26.3. The maximum atomic E-state index is 13.0. The Labute approximate surface area is 178 Å². The number of rotatable bonds is 3. The first kappa shape index (κ1) is 21.0. The molecule has 1 aliphatic carbocycles. The molecular weight excluding hydrogens is 390 g/mol. The number of nitrogens with zero attached hydrogens (tertiary/aromatic N) is 1. The van der Waals surface area contributed by atoms with Crippen molar-refractivity contribution in [1.29, 1.82) is 0 Å². The van der Waals surface area contributed by atoms with E-state index in [-0.39, 0.29) is 23.2 Å². The lowest BCUT2D eigenvalue weighted by atomic mass is 9.77. The van der Waals surface area contributed by atoms with Gasteiger partial charge in [-0.3, -0.25) is 0 Å². The monoisotopic (exact) mass is 421 g/mol. The largest absolute Gasteiger partial charge is 0.443 e. The van der Waals surface area contributed by atoms with E-state index in [2.05, 4.69) is 20.8 Å². The van der Waals surface area contributed by atoms with Gasteiger partial charge in [-0.2, -0.15) is 0 Å². The van der Waals surface area contributed by atoms with Gasteiger partial charge in [0.2, 0.25) is 0 Å². The Morgan fingerprint density at radius 1 is 1.03 bits per heavy atom. The molecule has 0 bridgehead atoms. The predicted molar refractivity (Wildman–Crippen MR) is 112 cm³/mol. The number of hydrogen-bond donors (Lipinski definition) is 0. The van der Waals surface area contributed by atoms with E-state index in [1.807, 2.05) is 29.2 Å². The van der Waals surface area contributed by atoms with E-state index in [4.69, 9.17) is 25.8 Å². The fourth-order valence-electron chi connectivity index (χ4n) is 4.78. The number of hydrogen-bond acceptors (Lipinski definition) is 4. The topological polar surface area (TPSA) is 48.0 Å². The van der Waals surface area contributed by atoms with Gasteiger partial charge in [-0.05, 0) is 37.0 Å². The molecule has 29 heavy (non-hydrogen) atoms. The molecule has 0 N–H and O–H groups in total. The van der Waals surface area contributed by atoms with Crippen LogP contribution >= 0.6 is 11.6 Å². The van der Waals surface area contributed by atoms with Crippen molar-refractivity contribution in [2.75, 3.05) is 19.8 Å². The van der Waals surface area contributed by atoms with Gasteiger partial charge in [-0.25, -0.2) is 4.79 Å². The minimum Gasteiger partial charge on any atom is -0.443 e. The summed E-state index contributed by atoms with van der Waals surface area (Å²) in [4.78, 5) is 14.8. The van der Waals surface area contributed by atoms with Gasteiger partial charge in [-0.1, -0.05) is 44.5 Å². The Hall–Kier alpha value is -1.30. The van der Waals surface area contributed by atoms with Crippen LogP contribution in [0, 0.1) is 5.41 Å². The van der Waals surface area contributed by atoms with Crippen molar-refractivity contribution in [3.63, 3.8) is 0 Å². The Bertz CT molecular complexity index is 728. The third kappa shape index (κ3) is 4.28. The Morgan fingerprint density at radius 2 is 1.66 bits per heavy atom. The standard InChI is InChI=1S/C23H32ClNO4/c1-4-19(17-5-7-18(24)8-6-17)25-14-13-22(29-20(25)26)9-11-23(12-10-22)27-15-21(2,3)16-28-23/h5-8,19H,4,9-16H2,1-3H3/t19-/m0/s1. The van der Waals surface area contributed by atoms with Crippen molar-refractivity contribution in [2.45, 2.75) is 76.7 Å². The van der Waals surface area contributed by atoms with Crippen molar-refractivity contribution in [3.8, 4) is 0 Å². The molecule has 4 rings (SSSR count). The van der Waals surface area contributed by atoms with E-state index in [1.165, 1.54) is 0 Å². The molecule has 1 aromatic rings. The van der Waals surface area contributed by atoms with Crippen LogP contribution in [0.3, 0.4) is 0 Å². The zero-order valence-corrected chi connectivity index (χ0v) is 18.5. The summed E-state index contributed by atoms with van der Waals surface area (Å²) < 4.78 is 18.4. The Balaban J connectivity index is 1.39. The van der Waals surface area contributed by atoms with Gasteiger partial charge in [0.05, 0.1) is 19.3 Å². The van der Waals surface area contributed by atoms with E-state index < -0.39 is 5.79 Å². The third-order valence-corrected chi connectivity index (χ3v) is 6.99. The van der Waals surface area contributed by atoms with Gasteiger partial charge >= 0.3 is 6.09 Å². The summed E-state index contributed by atoms with van der Waals surface area (Å²) in [7, 11) is 0. The predicted octanol–water partition coefficient (Wildman–Crippen LogP) is 5.72. The maximum Gasteiger partial charge on any atom is 0.410 e. The summed E-state index contributed by atoms with van der Waals surface area (Å²) in [5.74, 6) is -0.487. The summed E-state index contributed by atoms with van der Waals surface area (Å²) in [5.41, 5.74) is 0.783. The highest BCUT2D eigenvalue weighted by molar-refractivity contribution is 6.30. The van der Waals surface area contributed by atoms with E-state index >= 15 is 0 Å². The fourth-order valence-corrected chi connectivity index (χ4v) is 4.90. The fraction of sp³-hybridized carbons (Fsp3) is 0.696. The number of amides is 1. The second-order valence-corrected chi connectivity index (χ2v) is 10.1. The highest BCUT2D eigenvalue weighted by Gasteiger charge is 2.51. The lowest BCUT2D eigenvalue weighted by Gasteiger charge is -2.51. The van der Waals surface area contributed by atoms with E-state index in [1.54, 1.807) is 0 Å². The molecule has 2 heterocycles. The zero-order valence-electron chi connectivity index (χ0n) is 17.7. The van der Waals surface area contributed by atoms with Crippen LogP contribution in [0.1, 0.15) is 70.9 Å². The molecule has 6 heteroatoms. The summed E-state index contributed by atoms with van der Waals surface area (Å²) in [6, 6.07) is 7.76. The average Bonchev–Trinajstić information content (AvgIpc) is 2.70. The SMILES string of the molecule is CC[C@@H](c1ccc(Cl)cc1)N1CCC2(CCC3(CC2)OCC(C)(C)CO3)OC1=O. The quantitative estimate of drug-likeness (QED) is 0.626. The van der Waals surface area contributed by atoms with Crippen LogP contribution < -0.4 is 0 Å². The number of carbonyl (C=O) groups excluding carboxylic acids is 1. The van der Waals surface area contributed by atoms with Crippen molar-refractivity contribution in [2.24, 2.45) is 5.41 Å². The lowest BCUT2D eigenvalue weighted by molar-refractivity contribution is -0.320. The Morgan fingerprint density at radius 3 is 2.21 bits per heavy atom. The van der Waals surface area contributed by atoms with Crippen molar-refractivity contribution >= 4 is 17.7 Å². The first-order valence-corrected chi connectivity index (χ1v) is 11.2. The summed E-state index contributed by atoms with van der Waals surface area (Å²) in [6.07, 6.45) is 4.64. The van der Waals surface area contributed by atoms with Crippen LogP contribution in [-0.4, -0.2) is 42.1 Å². The van der Waals surface area contributed by atoms with Crippen LogP contribution in [-0.2, 0) is 14.2 Å². The summed E-state index contributed by atoms with van der Waals surface area (Å²) >= 11 is 6.02. The van der Waals surface area contributed by atoms with Gasteiger partial charge in [0, 0.05) is 36.2 Å². The maximum absolute atomic E-state index is 13.0. The molecule has 0 aromatic heterocycles. The molecule has 5 nitrogen and oxygen atoms in total. The molecule has 2 aliphatic heterocycles. The Kier molecular flexibility index (Phi) is 5.60. The number of benzene rings is 1. The molecule has 160 valence electrons. The highest BCUT2D eigenvalue weighted by atomic mass is 35.5. The van der Waals surface area contributed by atoms with Crippen LogP contribution in [0.4, 0.5) is 4.79 Å². The second-order valence-electron chi connectivity index (χ2n) is 9.62. The molecule has 1 amide bonds. The molecule has 1 atom stereocenters. The van der Waals surface area contributed by atoms with Gasteiger partial charge < -0.3 is 19.1 Å². The van der Waals surface area contributed by atoms with Crippen LogP contribution in [0.5, 0.6) is 0 Å². The van der Waals surface area contributed by atoms with Crippen molar-refractivity contribution in [3.05, 3.63) is 34.9 Å². The lowest BCUT2D eigenvalue weighted by Crippen LogP contribution is -2.57. The highest BCUT2D eigenvalue weighted by Crippen LogP contribution is 2.47. The zero-order chi connectivity index (χ0) is 20.7. The van der Waals surface area contributed by atoms with Gasteiger partial charge in [0.25, 0.3) is 0 Å². The molecule has 0 radical (unpaired) electrons. The minimum absolute atomic E-state index is 0.0132. The van der Waals surface area contributed by atoms with Crippen molar-refractivity contribution in [1.82, 2.24) is 4.90 Å². The first-order chi connectivity index (χ1) is 13.8. The number of ether oxygens (including phenoxy) is 3. The number of halogens is 1. The summed E-state index contributed by atoms with van der Waals surface area (Å²) in [5, 5.41) is 0.704. The first-order valence-electron chi connectivity index (χ1n) is 10.8. The van der Waals surface area contributed by atoms with Crippen LogP contribution in [0.2, 0.25) is 5.02 Å². The van der Waals surface area contributed by atoms with Crippen LogP contribution in [0.15, 0.2) is 24.3 Å². The molecule has 3 aliphatic rings. The third-order valence-electron chi connectivity index (χ3n) is 6.74. The van der Waals surface area contributed by atoms with Gasteiger partial charge in [-0.15, -0.1) is 0 Å². The molecule has 1 saturated carbocycles.